The highest BCUT2D eigenvalue weighted by Crippen LogP contribution is 2.29. The van der Waals surface area contributed by atoms with Crippen LogP contribution in [0.4, 0.5) is 0 Å². The molecule has 3 aromatic rings. The number of aliphatic carboxylic acids is 1. The Morgan fingerprint density at radius 1 is 1.38 bits per heavy atom. The van der Waals surface area contributed by atoms with Crippen LogP contribution < -0.4 is 4.74 Å². The van der Waals surface area contributed by atoms with Gasteiger partial charge in [0.25, 0.3) is 0 Å². The number of fused-ring (bicyclic) bond motifs is 1. The van der Waals surface area contributed by atoms with E-state index in [1.807, 2.05) is 35.8 Å². The van der Waals surface area contributed by atoms with Crippen molar-refractivity contribution in [2.75, 3.05) is 7.11 Å². The monoisotopic (exact) mass is 344 g/mol. The van der Waals surface area contributed by atoms with Gasteiger partial charge in [0.05, 0.1) is 18.6 Å². The molecule has 124 valence electrons. The van der Waals surface area contributed by atoms with Gasteiger partial charge in [-0.15, -0.1) is 0 Å². The normalized spacial score (nSPS) is 11.0. The molecular formula is C18H17ClN2O3. The first-order valence-electron chi connectivity index (χ1n) is 7.48. The number of ether oxygens (including phenoxy) is 1. The lowest BCUT2D eigenvalue weighted by Gasteiger charge is -2.10. The second-order valence-electron chi connectivity index (χ2n) is 5.56. The zero-order chi connectivity index (χ0) is 17.3. The van der Waals surface area contributed by atoms with Crippen molar-refractivity contribution in [3.05, 3.63) is 58.4 Å². The summed E-state index contributed by atoms with van der Waals surface area (Å²) in [6, 6.07) is 9.33. The van der Waals surface area contributed by atoms with E-state index in [9.17, 15) is 9.90 Å². The fraction of sp³-hybridized carbons (Fsp3) is 0.222. The molecule has 0 atom stereocenters. The lowest BCUT2D eigenvalue weighted by Crippen LogP contribution is -2.05. The fourth-order valence-corrected chi connectivity index (χ4v) is 3.11. The summed E-state index contributed by atoms with van der Waals surface area (Å²) >= 11 is 6.08. The van der Waals surface area contributed by atoms with E-state index in [1.165, 1.54) is 0 Å². The smallest absolute Gasteiger partial charge is 0.307 e. The van der Waals surface area contributed by atoms with Crippen LogP contribution >= 0.6 is 11.6 Å². The molecule has 0 unspecified atom stereocenters. The van der Waals surface area contributed by atoms with Gasteiger partial charge < -0.3 is 14.4 Å². The Bertz CT molecular complexity index is 918. The van der Waals surface area contributed by atoms with Crippen molar-refractivity contribution in [2.24, 2.45) is 0 Å². The standard InChI is InChI=1S/C18H17ClN2O3/c1-11-14(9-17(22)23)13-4-3-7-20-18(13)21(11)10-12-5-6-15(19)16(8-12)24-2/h3-8H,9-10H2,1-2H3,(H,22,23). The van der Waals surface area contributed by atoms with E-state index in [2.05, 4.69) is 4.98 Å². The van der Waals surface area contributed by atoms with Crippen LogP contribution in [0.3, 0.4) is 0 Å². The average molecular weight is 345 g/mol. The predicted molar refractivity (Wildman–Crippen MR) is 92.9 cm³/mol. The number of halogens is 1. The summed E-state index contributed by atoms with van der Waals surface area (Å²) in [6.45, 7) is 2.49. The van der Waals surface area contributed by atoms with Crippen LogP contribution in [0.5, 0.6) is 5.75 Å². The van der Waals surface area contributed by atoms with Crippen molar-refractivity contribution >= 4 is 28.6 Å². The summed E-state index contributed by atoms with van der Waals surface area (Å²) in [6.07, 6.45) is 1.69. The highest BCUT2D eigenvalue weighted by atomic mass is 35.5. The molecule has 0 aliphatic heterocycles. The summed E-state index contributed by atoms with van der Waals surface area (Å²) in [5, 5.41) is 10.6. The van der Waals surface area contributed by atoms with Crippen molar-refractivity contribution in [1.82, 2.24) is 9.55 Å². The van der Waals surface area contributed by atoms with E-state index in [0.717, 1.165) is 27.9 Å². The van der Waals surface area contributed by atoms with Gasteiger partial charge in [-0.05, 0) is 42.3 Å². The minimum Gasteiger partial charge on any atom is -0.495 e. The third kappa shape index (κ3) is 2.95. The van der Waals surface area contributed by atoms with Crippen LogP contribution in [0.15, 0.2) is 36.5 Å². The predicted octanol–water partition coefficient (Wildman–Crippen LogP) is 3.68. The van der Waals surface area contributed by atoms with E-state index >= 15 is 0 Å². The average Bonchev–Trinajstić information content (AvgIpc) is 2.82. The molecule has 24 heavy (non-hydrogen) atoms. The molecule has 0 saturated heterocycles. The molecule has 3 rings (SSSR count). The first-order valence-corrected chi connectivity index (χ1v) is 7.86. The Labute approximate surface area is 144 Å². The number of hydrogen-bond acceptors (Lipinski definition) is 3. The third-order valence-corrected chi connectivity index (χ3v) is 4.41. The van der Waals surface area contributed by atoms with Gasteiger partial charge in [-0.3, -0.25) is 4.79 Å². The van der Waals surface area contributed by atoms with E-state index in [4.69, 9.17) is 16.3 Å². The lowest BCUT2D eigenvalue weighted by molar-refractivity contribution is -0.136. The second kappa shape index (κ2) is 6.53. The molecule has 0 bridgehead atoms. The first-order chi connectivity index (χ1) is 11.5. The maximum absolute atomic E-state index is 11.2. The van der Waals surface area contributed by atoms with Crippen molar-refractivity contribution in [3.8, 4) is 5.75 Å². The molecule has 2 heterocycles. The minimum absolute atomic E-state index is 0.0229. The van der Waals surface area contributed by atoms with Gasteiger partial charge in [-0.25, -0.2) is 4.98 Å². The van der Waals surface area contributed by atoms with Crippen molar-refractivity contribution < 1.29 is 14.6 Å². The molecule has 1 aromatic carbocycles. The minimum atomic E-state index is -0.853. The zero-order valence-electron chi connectivity index (χ0n) is 13.4. The molecule has 0 aliphatic rings. The van der Waals surface area contributed by atoms with Gasteiger partial charge in [-0.2, -0.15) is 0 Å². The Morgan fingerprint density at radius 2 is 2.17 bits per heavy atom. The second-order valence-corrected chi connectivity index (χ2v) is 5.97. The van der Waals surface area contributed by atoms with Gasteiger partial charge in [0, 0.05) is 23.8 Å². The molecule has 0 fully saturated rings. The number of rotatable bonds is 5. The number of carboxylic acid groups (broad SMARTS) is 1. The molecule has 1 N–H and O–H groups in total. The van der Waals surface area contributed by atoms with Gasteiger partial charge in [0.2, 0.25) is 0 Å². The van der Waals surface area contributed by atoms with Crippen LogP contribution in [0, 0.1) is 6.92 Å². The molecule has 0 amide bonds. The number of methoxy groups -OCH3 is 1. The number of nitrogens with zero attached hydrogens (tertiary/aromatic N) is 2. The van der Waals surface area contributed by atoms with Crippen molar-refractivity contribution in [1.29, 1.82) is 0 Å². The van der Waals surface area contributed by atoms with Gasteiger partial charge in [0.15, 0.2) is 0 Å². The number of aromatic nitrogens is 2. The van der Waals surface area contributed by atoms with Crippen LogP contribution in [0.2, 0.25) is 5.02 Å². The molecular weight excluding hydrogens is 328 g/mol. The molecule has 2 aromatic heterocycles. The van der Waals surface area contributed by atoms with Gasteiger partial charge in [0.1, 0.15) is 11.4 Å². The van der Waals surface area contributed by atoms with E-state index in [1.54, 1.807) is 19.4 Å². The van der Waals surface area contributed by atoms with Crippen LogP contribution in [-0.4, -0.2) is 27.7 Å². The number of benzene rings is 1. The van der Waals surface area contributed by atoms with Crippen LogP contribution in [0.25, 0.3) is 11.0 Å². The summed E-state index contributed by atoms with van der Waals surface area (Å²) in [5.74, 6) is -0.240. The molecule has 0 spiro atoms. The summed E-state index contributed by atoms with van der Waals surface area (Å²) in [5.41, 5.74) is 3.48. The molecule has 0 aliphatic carbocycles. The quantitative estimate of drug-likeness (QED) is 0.766. The largest absolute Gasteiger partial charge is 0.495 e. The van der Waals surface area contributed by atoms with Crippen molar-refractivity contribution in [2.45, 2.75) is 19.9 Å². The Morgan fingerprint density at radius 3 is 2.88 bits per heavy atom. The maximum Gasteiger partial charge on any atom is 0.307 e. The first kappa shape index (κ1) is 16.3. The number of pyridine rings is 1. The fourth-order valence-electron chi connectivity index (χ4n) is 2.92. The maximum atomic E-state index is 11.2. The summed E-state index contributed by atoms with van der Waals surface area (Å²) in [4.78, 5) is 15.6. The van der Waals surface area contributed by atoms with Gasteiger partial charge in [-0.1, -0.05) is 17.7 Å². The van der Waals surface area contributed by atoms with E-state index in [0.29, 0.717) is 17.3 Å². The SMILES string of the molecule is COc1cc(Cn2c(C)c(CC(=O)O)c3cccnc32)ccc1Cl. The molecule has 0 radical (unpaired) electrons. The van der Waals surface area contributed by atoms with Crippen molar-refractivity contribution in [3.63, 3.8) is 0 Å². The molecule has 6 heteroatoms. The van der Waals surface area contributed by atoms with E-state index < -0.39 is 5.97 Å². The van der Waals surface area contributed by atoms with E-state index in [-0.39, 0.29) is 6.42 Å². The topological polar surface area (TPSA) is 64.3 Å². The van der Waals surface area contributed by atoms with Crippen LogP contribution in [-0.2, 0) is 17.8 Å². The zero-order valence-corrected chi connectivity index (χ0v) is 14.2. The number of carbonyl (C=O) groups is 1. The Kier molecular flexibility index (Phi) is 4.44. The highest BCUT2D eigenvalue weighted by Gasteiger charge is 2.17. The third-order valence-electron chi connectivity index (χ3n) is 4.09. The highest BCUT2D eigenvalue weighted by molar-refractivity contribution is 6.32. The molecule has 0 saturated carbocycles. The van der Waals surface area contributed by atoms with Crippen LogP contribution in [0.1, 0.15) is 16.8 Å². The Balaban J connectivity index is 2.09. The number of hydrogen-bond donors (Lipinski definition) is 1. The molecule has 5 nitrogen and oxygen atoms in total. The lowest BCUT2D eigenvalue weighted by atomic mass is 10.1. The summed E-state index contributed by atoms with van der Waals surface area (Å²) in [7, 11) is 1.58. The number of carboxylic acids is 1. The van der Waals surface area contributed by atoms with Gasteiger partial charge >= 0.3 is 5.97 Å². The summed E-state index contributed by atoms with van der Waals surface area (Å²) < 4.78 is 7.29. The Hall–Kier alpha value is -2.53.